The maximum Gasteiger partial charge on any atom is 0.234 e. The van der Waals surface area contributed by atoms with E-state index in [1.54, 1.807) is 18.3 Å². The first-order valence-electron chi connectivity index (χ1n) is 6.97. The van der Waals surface area contributed by atoms with E-state index in [0.29, 0.717) is 5.78 Å². The summed E-state index contributed by atoms with van der Waals surface area (Å²) < 4.78 is 15.2. The molecule has 0 fully saturated rings. The Hall–Kier alpha value is -3.01. The summed E-state index contributed by atoms with van der Waals surface area (Å²) in [7, 11) is 0. The molecule has 4 heteroatoms. The number of hydrogen-bond donors (Lipinski definition) is 0. The first kappa shape index (κ1) is 12.7. The minimum absolute atomic E-state index is 0.253. The Kier molecular flexibility index (Phi) is 2.93. The van der Waals surface area contributed by atoms with Crippen LogP contribution in [0.15, 0.2) is 73.1 Å². The molecule has 0 bridgehead atoms. The van der Waals surface area contributed by atoms with Crippen LogP contribution in [0.4, 0.5) is 4.39 Å². The van der Waals surface area contributed by atoms with Crippen LogP contribution in [0.3, 0.4) is 0 Å². The number of aromatic nitrogens is 3. The van der Waals surface area contributed by atoms with Gasteiger partial charge < -0.3 is 0 Å². The number of halogens is 1. The summed E-state index contributed by atoms with van der Waals surface area (Å²) in [6.45, 7) is 0. The highest BCUT2D eigenvalue weighted by molar-refractivity contribution is 5.81. The minimum Gasteiger partial charge on any atom is -0.283 e. The molecule has 0 radical (unpaired) electrons. The SMILES string of the molecule is Fc1ccc(-c2c(-c3ccccc3)nc3ncccn23)cc1. The van der Waals surface area contributed by atoms with Crippen LogP contribution in [0.25, 0.3) is 28.3 Å². The summed E-state index contributed by atoms with van der Waals surface area (Å²) in [5.74, 6) is 0.373. The summed E-state index contributed by atoms with van der Waals surface area (Å²) >= 11 is 0. The molecule has 0 aliphatic carbocycles. The smallest absolute Gasteiger partial charge is 0.234 e. The average molecular weight is 289 g/mol. The molecule has 4 aromatic rings. The topological polar surface area (TPSA) is 30.2 Å². The van der Waals surface area contributed by atoms with Crippen molar-refractivity contribution in [1.29, 1.82) is 0 Å². The molecule has 0 unspecified atom stereocenters. The zero-order chi connectivity index (χ0) is 14.9. The number of benzene rings is 2. The Bertz CT molecular complexity index is 928. The van der Waals surface area contributed by atoms with Crippen LogP contribution in [0.5, 0.6) is 0 Å². The first-order valence-corrected chi connectivity index (χ1v) is 6.97. The molecule has 0 spiro atoms. The molecule has 2 aromatic heterocycles. The quantitative estimate of drug-likeness (QED) is 0.553. The van der Waals surface area contributed by atoms with Gasteiger partial charge in [0, 0.05) is 23.5 Å². The summed E-state index contributed by atoms with van der Waals surface area (Å²) in [6.07, 6.45) is 3.63. The Morgan fingerprint density at radius 1 is 0.818 bits per heavy atom. The summed E-state index contributed by atoms with van der Waals surface area (Å²) in [5.41, 5.74) is 3.66. The third-order valence-corrected chi connectivity index (χ3v) is 3.57. The fourth-order valence-electron chi connectivity index (χ4n) is 2.57. The second-order valence-electron chi connectivity index (χ2n) is 4.97. The normalized spacial score (nSPS) is 11.0. The van der Waals surface area contributed by atoms with Gasteiger partial charge in [0.1, 0.15) is 5.82 Å². The summed E-state index contributed by atoms with van der Waals surface area (Å²) in [5, 5.41) is 0. The number of hydrogen-bond acceptors (Lipinski definition) is 2. The predicted molar refractivity (Wildman–Crippen MR) is 83.8 cm³/mol. The van der Waals surface area contributed by atoms with Gasteiger partial charge in [-0.1, -0.05) is 30.3 Å². The van der Waals surface area contributed by atoms with Gasteiger partial charge in [-0.3, -0.25) is 4.40 Å². The Morgan fingerprint density at radius 3 is 2.36 bits per heavy atom. The van der Waals surface area contributed by atoms with Crippen molar-refractivity contribution in [2.45, 2.75) is 0 Å². The van der Waals surface area contributed by atoms with Crippen LogP contribution in [-0.2, 0) is 0 Å². The molecule has 2 heterocycles. The number of nitrogens with zero attached hydrogens (tertiary/aromatic N) is 3. The lowest BCUT2D eigenvalue weighted by Gasteiger charge is -2.05. The van der Waals surface area contributed by atoms with Crippen molar-refractivity contribution in [2.24, 2.45) is 0 Å². The molecule has 2 aromatic carbocycles. The highest BCUT2D eigenvalue weighted by Crippen LogP contribution is 2.32. The van der Waals surface area contributed by atoms with Gasteiger partial charge >= 0.3 is 0 Å². The lowest BCUT2D eigenvalue weighted by Crippen LogP contribution is -1.90. The summed E-state index contributed by atoms with van der Waals surface area (Å²) in [4.78, 5) is 8.95. The molecule has 0 aliphatic heterocycles. The maximum absolute atomic E-state index is 13.2. The fourth-order valence-corrected chi connectivity index (χ4v) is 2.57. The number of fused-ring (bicyclic) bond motifs is 1. The van der Waals surface area contributed by atoms with Crippen LogP contribution >= 0.6 is 0 Å². The lowest BCUT2D eigenvalue weighted by molar-refractivity contribution is 0.628. The van der Waals surface area contributed by atoms with Gasteiger partial charge in [0.05, 0.1) is 11.4 Å². The molecule has 3 nitrogen and oxygen atoms in total. The highest BCUT2D eigenvalue weighted by Gasteiger charge is 2.16. The van der Waals surface area contributed by atoms with Gasteiger partial charge in [-0.15, -0.1) is 0 Å². The van der Waals surface area contributed by atoms with Crippen molar-refractivity contribution < 1.29 is 4.39 Å². The zero-order valence-corrected chi connectivity index (χ0v) is 11.6. The van der Waals surface area contributed by atoms with E-state index in [0.717, 1.165) is 22.5 Å². The van der Waals surface area contributed by atoms with Crippen LogP contribution in [0.1, 0.15) is 0 Å². The number of rotatable bonds is 2. The van der Waals surface area contributed by atoms with Gasteiger partial charge in [0.25, 0.3) is 0 Å². The van der Waals surface area contributed by atoms with Crippen molar-refractivity contribution in [3.8, 4) is 22.5 Å². The molecule has 0 atom stereocenters. The van der Waals surface area contributed by atoms with Crippen molar-refractivity contribution in [3.05, 3.63) is 78.9 Å². The van der Waals surface area contributed by atoms with E-state index < -0.39 is 0 Å². The second-order valence-corrected chi connectivity index (χ2v) is 4.97. The zero-order valence-electron chi connectivity index (χ0n) is 11.6. The van der Waals surface area contributed by atoms with Crippen LogP contribution in [0.2, 0.25) is 0 Å². The Morgan fingerprint density at radius 2 is 1.59 bits per heavy atom. The third kappa shape index (κ3) is 2.05. The van der Waals surface area contributed by atoms with Gasteiger partial charge in [-0.2, -0.15) is 0 Å². The second kappa shape index (κ2) is 5.07. The molecule has 22 heavy (non-hydrogen) atoms. The van der Waals surface area contributed by atoms with Gasteiger partial charge in [0.15, 0.2) is 0 Å². The molecule has 106 valence electrons. The van der Waals surface area contributed by atoms with E-state index in [4.69, 9.17) is 0 Å². The van der Waals surface area contributed by atoms with Gasteiger partial charge in [-0.25, -0.2) is 14.4 Å². The van der Waals surface area contributed by atoms with Crippen molar-refractivity contribution >= 4 is 5.78 Å². The molecular formula is C18H12FN3. The van der Waals surface area contributed by atoms with Crippen molar-refractivity contribution in [2.75, 3.05) is 0 Å². The monoisotopic (exact) mass is 289 g/mol. The van der Waals surface area contributed by atoms with E-state index in [9.17, 15) is 4.39 Å². The van der Waals surface area contributed by atoms with E-state index in [-0.39, 0.29) is 5.82 Å². The standard InChI is InChI=1S/C18H12FN3/c19-15-9-7-14(8-10-15)17-16(13-5-2-1-3-6-13)21-18-20-11-4-12-22(17)18/h1-12H. The van der Waals surface area contributed by atoms with Gasteiger partial charge in [-0.05, 0) is 30.3 Å². The van der Waals surface area contributed by atoms with Crippen LogP contribution in [0, 0.1) is 5.82 Å². The molecule has 0 amide bonds. The maximum atomic E-state index is 13.2. The minimum atomic E-state index is -0.253. The molecule has 0 saturated carbocycles. The Balaban J connectivity index is 2.04. The van der Waals surface area contributed by atoms with Crippen LogP contribution in [-0.4, -0.2) is 14.4 Å². The largest absolute Gasteiger partial charge is 0.283 e. The molecule has 0 aliphatic rings. The number of imidazole rings is 1. The molecule has 0 N–H and O–H groups in total. The molecule has 0 saturated heterocycles. The third-order valence-electron chi connectivity index (χ3n) is 3.57. The first-order chi connectivity index (χ1) is 10.8. The Labute approximate surface area is 126 Å². The van der Waals surface area contributed by atoms with E-state index >= 15 is 0 Å². The van der Waals surface area contributed by atoms with Crippen LogP contribution < -0.4 is 0 Å². The van der Waals surface area contributed by atoms with E-state index in [2.05, 4.69) is 9.97 Å². The predicted octanol–water partition coefficient (Wildman–Crippen LogP) is 4.20. The van der Waals surface area contributed by atoms with Gasteiger partial charge in [0.2, 0.25) is 5.78 Å². The highest BCUT2D eigenvalue weighted by atomic mass is 19.1. The molecular weight excluding hydrogens is 277 g/mol. The fraction of sp³-hybridized carbons (Fsp3) is 0. The summed E-state index contributed by atoms with van der Waals surface area (Å²) in [6, 6.07) is 18.2. The van der Waals surface area contributed by atoms with Crippen molar-refractivity contribution in [1.82, 2.24) is 14.4 Å². The molecule has 4 rings (SSSR count). The average Bonchev–Trinajstić information content (AvgIpc) is 2.96. The van der Waals surface area contributed by atoms with E-state index in [1.165, 1.54) is 12.1 Å². The van der Waals surface area contributed by atoms with E-state index in [1.807, 2.05) is 47.0 Å². The van der Waals surface area contributed by atoms with Crippen molar-refractivity contribution in [3.63, 3.8) is 0 Å². The lowest BCUT2D eigenvalue weighted by atomic mass is 10.0.